The molecular weight excluding hydrogens is 598 g/mol. The first kappa shape index (κ1) is 25.7. The Morgan fingerprint density at radius 1 is 1.14 bits per heavy atom. The number of halogens is 4. The van der Waals surface area contributed by atoms with Crippen molar-refractivity contribution in [2.45, 2.75) is 36.3 Å². The minimum Gasteiger partial charge on any atom is -0.463 e. The fraction of sp³-hybridized carbons (Fsp3) is 0.333. The van der Waals surface area contributed by atoms with Crippen LogP contribution in [-0.2, 0) is 19.4 Å². The predicted molar refractivity (Wildman–Crippen MR) is 130 cm³/mol. The summed E-state index contributed by atoms with van der Waals surface area (Å²) in [5, 5.41) is 1.54. The van der Waals surface area contributed by atoms with E-state index in [1.165, 1.54) is 24.3 Å². The van der Waals surface area contributed by atoms with Gasteiger partial charge in [-0.2, -0.15) is 0 Å². The Bertz CT molecular complexity index is 1320. The standard InChI is InChI=1S/C24H21F3INO5S/c1-2-34-21(30)9-14-7-12-3-5-16(14)23(12)35(32,33)20-8-13(4-6-19(20)28)24(31)29-15-10-17(25)22(27)18(26)11-15/h4,6,8-12,16,23H,2-3,5,7H2,1H3,(H,29,31)/b14-9+/t12?,16?,23-/m1/s1. The van der Waals surface area contributed by atoms with E-state index < -0.39 is 44.4 Å². The number of esters is 1. The minimum absolute atomic E-state index is 0.0264. The van der Waals surface area contributed by atoms with Crippen LogP contribution in [0, 0.1) is 32.9 Å². The van der Waals surface area contributed by atoms with E-state index in [1.807, 2.05) is 22.6 Å². The van der Waals surface area contributed by atoms with Crippen LogP contribution >= 0.6 is 22.6 Å². The summed E-state index contributed by atoms with van der Waals surface area (Å²) in [6.07, 6.45) is 3.24. The molecule has 186 valence electrons. The largest absolute Gasteiger partial charge is 0.463 e. The zero-order chi connectivity index (χ0) is 25.5. The van der Waals surface area contributed by atoms with Crippen LogP contribution in [0.5, 0.6) is 0 Å². The first-order valence-electron chi connectivity index (χ1n) is 10.9. The van der Waals surface area contributed by atoms with Crippen molar-refractivity contribution in [1.82, 2.24) is 0 Å². The second-order valence-corrected chi connectivity index (χ2v) is 11.7. The molecule has 35 heavy (non-hydrogen) atoms. The van der Waals surface area contributed by atoms with Crippen LogP contribution in [-0.4, -0.2) is 32.2 Å². The van der Waals surface area contributed by atoms with Gasteiger partial charge in [0.25, 0.3) is 5.91 Å². The van der Waals surface area contributed by atoms with Gasteiger partial charge in [0.05, 0.1) is 16.8 Å². The van der Waals surface area contributed by atoms with Crippen molar-refractivity contribution in [3.8, 4) is 0 Å². The highest BCUT2D eigenvalue weighted by Gasteiger charge is 2.52. The Kier molecular flexibility index (Phi) is 7.28. The van der Waals surface area contributed by atoms with Crippen molar-refractivity contribution in [3.05, 3.63) is 68.6 Å². The van der Waals surface area contributed by atoms with E-state index in [4.69, 9.17) is 4.74 Å². The molecule has 4 rings (SSSR count). The molecule has 1 N–H and O–H groups in total. The number of amides is 1. The molecule has 11 heteroatoms. The molecular formula is C24H21F3INO5S. The fourth-order valence-electron chi connectivity index (χ4n) is 4.93. The second-order valence-electron chi connectivity index (χ2n) is 8.48. The fourth-order valence-corrected chi connectivity index (χ4v) is 8.59. The van der Waals surface area contributed by atoms with E-state index >= 15 is 0 Å². The van der Waals surface area contributed by atoms with Gasteiger partial charge in [-0.15, -0.1) is 0 Å². The van der Waals surface area contributed by atoms with Crippen LogP contribution in [0.3, 0.4) is 0 Å². The molecule has 0 spiro atoms. The van der Waals surface area contributed by atoms with Gasteiger partial charge in [0, 0.05) is 33.0 Å². The average Bonchev–Trinajstić information content (AvgIpc) is 3.36. The second kappa shape index (κ2) is 9.92. The molecule has 2 aromatic carbocycles. The molecule has 2 unspecified atom stereocenters. The Morgan fingerprint density at radius 3 is 2.49 bits per heavy atom. The summed E-state index contributed by atoms with van der Waals surface area (Å²) >= 11 is 1.88. The topological polar surface area (TPSA) is 89.5 Å². The SMILES string of the molecule is CCOC(=O)/C=C1\CC2CCC1[C@@H]2S(=O)(=O)c1cc(C(=O)Nc2cc(F)c(F)c(F)c2)ccc1I. The smallest absolute Gasteiger partial charge is 0.330 e. The quantitative estimate of drug-likeness (QED) is 0.212. The summed E-state index contributed by atoms with van der Waals surface area (Å²) < 4.78 is 73.0. The van der Waals surface area contributed by atoms with E-state index in [0.717, 1.165) is 5.57 Å². The van der Waals surface area contributed by atoms with E-state index in [-0.39, 0.29) is 34.6 Å². The molecule has 2 aromatic rings. The summed E-state index contributed by atoms with van der Waals surface area (Å²) in [6, 6.07) is 5.36. The highest BCUT2D eigenvalue weighted by atomic mass is 127. The van der Waals surface area contributed by atoms with Gasteiger partial charge in [-0.3, -0.25) is 4.79 Å². The third-order valence-corrected chi connectivity index (χ3v) is 10.1. The molecule has 1 amide bonds. The molecule has 2 fully saturated rings. The number of carbonyl (C=O) groups is 2. The molecule has 0 heterocycles. The Balaban J connectivity index is 1.62. The Hall–Kier alpha value is -2.41. The van der Waals surface area contributed by atoms with Gasteiger partial charge in [0.15, 0.2) is 27.3 Å². The molecule has 2 aliphatic rings. The molecule has 2 aliphatic carbocycles. The van der Waals surface area contributed by atoms with Crippen molar-refractivity contribution in [1.29, 1.82) is 0 Å². The van der Waals surface area contributed by atoms with E-state index in [1.54, 1.807) is 6.92 Å². The van der Waals surface area contributed by atoms with Crippen LogP contribution < -0.4 is 5.32 Å². The lowest BCUT2D eigenvalue weighted by molar-refractivity contribution is -0.137. The van der Waals surface area contributed by atoms with Crippen molar-refractivity contribution in [2.75, 3.05) is 11.9 Å². The molecule has 0 aromatic heterocycles. The molecule has 6 nitrogen and oxygen atoms in total. The maximum absolute atomic E-state index is 13.7. The normalized spacial score (nSPS) is 22.4. The van der Waals surface area contributed by atoms with Gasteiger partial charge in [0.1, 0.15) is 0 Å². The molecule has 3 atom stereocenters. The Labute approximate surface area is 214 Å². The third-order valence-electron chi connectivity index (χ3n) is 6.37. The van der Waals surface area contributed by atoms with Crippen LogP contribution in [0.4, 0.5) is 18.9 Å². The number of carbonyl (C=O) groups excluding carboxylic acids is 2. The van der Waals surface area contributed by atoms with Crippen molar-refractivity contribution in [3.63, 3.8) is 0 Å². The number of fused-ring (bicyclic) bond motifs is 2. The first-order chi connectivity index (χ1) is 16.5. The van der Waals surface area contributed by atoms with Gasteiger partial charge in [-0.25, -0.2) is 26.4 Å². The van der Waals surface area contributed by atoms with Crippen molar-refractivity contribution in [2.24, 2.45) is 11.8 Å². The van der Waals surface area contributed by atoms with E-state index in [0.29, 0.717) is 35.0 Å². The molecule has 0 radical (unpaired) electrons. The zero-order valence-electron chi connectivity index (χ0n) is 18.5. The summed E-state index contributed by atoms with van der Waals surface area (Å²) in [4.78, 5) is 24.6. The van der Waals surface area contributed by atoms with Crippen LogP contribution in [0.1, 0.15) is 36.5 Å². The monoisotopic (exact) mass is 619 g/mol. The summed E-state index contributed by atoms with van der Waals surface area (Å²) in [5.41, 5.74) is 0.413. The van der Waals surface area contributed by atoms with Crippen molar-refractivity contribution >= 4 is 50.0 Å². The number of sulfone groups is 1. The van der Waals surface area contributed by atoms with Crippen LogP contribution in [0.2, 0.25) is 0 Å². The number of rotatable bonds is 6. The van der Waals surface area contributed by atoms with Gasteiger partial charge in [-0.05, 0) is 78.8 Å². The predicted octanol–water partition coefficient (Wildman–Crippen LogP) is 5.02. The maximum Gasteiger partial charge on any atom is 0.330 e. The number of hydrogen-bond donors (Lipinski definition) is 1. The lowest BCUT2D eigenvalue weighted by Crippen LogP contribution is -2.27. The molecule has 0 saturated heterocycles. The van der Waals surface area contributed by atoms with Crippen LogP contribution in [0.15, 0.2) is 46.9 Å². The molecule has 2 saturated carbocycles. The summed E-state index contributed by atoms with van der Waals surface area (Å²) in [6.45, 7) is 1.92. The lowest BCUT2D eigenvalue weighted by Gasteiger charge is -2.18. The number of allylic oxidation sites excluding steroid dienone is 1. The highest BCUT2D eigenvalue weighted by Crippen LogP contribution is 2.53. The lowest BCUT2D eigenvalue weighted by atomic mass is 9.94. The number of ether oxygens (including phenoxy) is 1. The third kappa shape index (κ3) is 4.97. The summed E-state index contributed by atoms with van der Waals surface area (Å²) in [5.74, 6) is -6.34. The van der Waals surface area contributed by atoms with Crippen molar-refractivity contribution < 1.29 is 35.9 Å². The number of nitrogens with one attached hydrogen (secondary N) is 1. The van der Waals surface area contributed by atoms with E-state index in [2.05, 4.69) is 5.32 Å². The minimum atomic E-state index is -3.88. The summed E-state index contributed by atoms with van der Waals surface area (Å²) in [7, 11) is -3.88. The highest BCUT2D eigenvalue weighted by molar-refractivity contribution is 14.1. The van der Waals surface area contributed by atoms with Gasteiger partial charge >= 0.3 is 5.97 Å². The van der Waals surface area contributed by atoms with Gasteiger partial charge < -0.3 is 10.1 Å². The van der Waals surface area contributed by atoms with Gasteiger partial charge in [0.2, 0.25) is 0 Å². The average molecular weight is 619 g/mol. The van der Waals surface area contributed by atoms with Gasteiger partial charge in [-0.1, -0.05) is 5.57 Å². The van der Waals surface area contributed by atoms with Crippen LogP contribution in [0.25, 0.3) is 0 Å². The first-order valence-corrected chi connectivity index (χ1v) is 13.5. The Morgan fingerprint density at radius 2 is 1.83 bits per heavy atom. The molecule has 0 aliphatic heterocycles. The number of hydrogen-bond acceptors (Lipinski definition) is 5. The zero-order valence-corrected chi connectivity index (χ0v) is 21.5. The number of benzene rings is 2. The molecule has 2 bridgehead atoms. The number of anilines is 1. The maximum atomic E-state index is 13.7. The van der Waals surface area contributed by atoms with E-state index in [9.17, 15) is 31.2 Å².